The molecule has 0 saturated carbocycles. The number of halogens is 1. The van der Waals surface area contributed by atoms with Gasteiger partial charge in [-0.15, -0.1) is 0 Å². The number of benzene rings is 1. The first-order valence-corrected chi connectivity index (χ1v) is 6.79. The lowest BCUT2D eigenvalue weighted by molar-refractivity contribution is 0.605. The van der Waals surface area contributed by atoms with Gasteiger partial charge in [-0.2, -0.15) is 0 Å². The summed E-state index contributed by atoms with van der Waals surface area (Å²) in [6.07, 6.45) is 0. The van der Waals surface area contributed by atoms with Gasteiger partial charge in [0.15, 0.2) is 0 Å². The highest BCUT2D eigenvalue weighted by Crippen LogP contribution is 2.20. The van der Waals surface area contributed by atoms with Crippen LogP contribution < -0.4 is 10.5 Å². The Hall–Kier alpha value is -0.850. The molecule has 0 fully saturated rings. The van der Waals surface area contributed by atoms with Gasteiger partial charge in [-0.1, -0.05) is 23.8 Å². The molecule has 0 saturated heterocycles. The summed E-state index contributed by atoms with van der Waals surface area (Å²) in [6.45, 7) is 1.75. The van der Waals surface area contributed by atoms with Crippen LogP contribution in [-0.4, -0.2) is 19.2 Å². The zero-order chi connectivity index (χ0) is 12.3. The van der Waals surface area contributed by atoms with Crippen LogP contribution in [0.4, 0.5) is 5.69 Å². The summed E-state index contributed by atoms with van der Waals surface area (Å²) in [5.41, 5.74) is 6.39. The lowest BCUT2D eigenvalue weighted by Crippen LogP contribution is -2.26. The van der Waals surface area contributed by atoms with E-state index >= 15 is 0 Å². The highest BCUT2D eigenvalue weighted by Gasteiger charge is 2.13. The van der Waals surface area contributed by atoms with E-state index in [4.69, 9.17) is 17.3 Å². The smallest absolute Gasteiger partial charge is 0.239 e. The zero-order valence-electron chi connectivity index (χ0n) is 8.53. The molecular formula is C9H11ClN2O2S2. The van der Waals surface area contributed by atoms with Crippen LogP contribution in [0.25, 0.3) is 0 Å². The van der Waals surface area contributed by atoms with E-state index in [1.807, 2.05) is 0 Å². The molecule has 0 spiro atoms. The van der Waals surface area contributed by atoms with Crippen LogP contribution in [0.1, 0.15) is 5.56 Å². The molecule has 0 heterocycles. The third kappa shape index (κ3) is 3.96. The van der Waals surface area contributed by atoms with Gasteiger partial charge < -0.3 is 5.73 Å². The summed E-state index contributed by atoms with van der Waals surface area (Å²) in [5, 5.41) is 0.551. The van der Waals surface area contributed by atoms with Gasteiger partial charge in [0.1, 0.15) is 5.75 Å². The number of nitrogens with one attached hydrogen (secondary N) is 1. The molecule has 3 N–H and O–H groups in total. The molecule has 0 radical (unpaired) electrons. The second kappa shape index (κ2) is 4.99. The van der Waals surface area contributed by atoms with Gasteiger partial charge >= 0.3 is 0 Å². The van der Waals surface area contributed by atoms with Crippen molar-refractivity contribution in [2.75, 3.05) is 10.5 Å². The van der Waals surface area contributed by atoms with Gasteiger partial charge in [0.2, 0.25) is 10.0 Å². The number of anilines is 1. The van der Waals surface area contributed by atoms with Crippen LogP contribution in [0.2, 0.25) is 5.02 Å². The van der Waals surface area contributed by atoms with Crippen molar-refractivity contribution in [3.8, 4) is 0 Å². The second-order valence-electron chi connectivity index (χ2n) is 3.29. The minimum absolute atomic E-state index is 0.0703. The number of rotatable bonds is 4. The number of hydrogen-bond donors (Lipinski definition) is 2. The third-order valence-electron chi connectivity index (χ3n) is 1.79. The first kappa shape index (κ1) is 13.2. The maximum Gasteiger partial charge on any atom is 0.239 e. The van der Waals surface area contributed by atoms with Crippen LogP contribution in [-0.2, 0) is 10.0 Å². The van der Waals surface area contributed by atoms with E-state index in [0.29, 0.717) is 10.7 Å². The summed E-state index contributed by atoms with van der Waals surface area (Å²) in [6, 6.07) is 4.86. The summed E-state index contributed by atoms with van der Waals surface area (Å²) in [7, 11) is -3.53. The van der Waals surface area contributed by atoms with Crippen molar-refractivity contribution >= 4 is 44.5 Å². The van der Waals surface area contributed by atoms with E-state index in [2.05, 4.69) is 16.9 Å². The zero-order valence-corrected chi connectivity index (χ0v) is 10.9. The molecular weight excluding hydrogens is 268 g/mol. The molecule has 1 aromatic rings. The Kier molecular flexibility index (Phi) is 4.12. The average Bonchev–Trinajstić information content (AvgIpc) is 2.07. The lowest BCUT2D eigenvalue weighted by atomic mass is 10.2. The molecule has 0 amide bonds. The largest absolute Gasteiger partial charge is 0.392 e. The Labute approximate surface area is 105 Å². The molecule has 0 aliphatic heterocycles. The van der Waals surface area contributed by atoms with E-state index in [0.717, 1.165) is 5.56 Å². The van der Waals surface area contributed by atoms with Crippen LogP contribution in [0.15, 0.2) is 18.2 Å². The maximum atomic E-state index is 11.5. The summed E-state index contributed by atoms with van der Waals surface area (Å²) < 4.78 is 25.5. The molecule has 0 atom stereocenters. The predicted molar refractivity (Wildman–Crippen MR) is 70.4 cm³/mol. The van der Waals surface area contributed by atoms with Crippen LogP contribution in [0.5, 0.6) is 0 Å². The molecule has 7 heteroatoms. The maximum absolute atomic E-state index is 11.5. The predicted octanol–water partition coefficient (Wildman–Crippen LogP) is 1.68. The highest BCUT2D eigenvalue weighted by molar-refractivity contribution is 7.95. The molecule has 0 aromatic heterocycles. The Bertz CT molecular complexity index is 514. The monoisotopic (exact) mass is 278 g/mol. The van der Waals surface area contributed by atoms with Crippen molar-refractivity contribution in [1.82, 2.24) is 0 Å². The quantitative estimate of drug-likeness (QED) is 0.822. The van der Waals surface area contributed by atoms with E-state index in [-0.39, 0.29) is 10.7 Å². The van der Waals surface area contributed by atoms with E-state index < -0.39 is 10.0 Å². The fraction of sp³-hybridized carbons (Fsp3) is 0.222. The van der Waals surface area contributed by atoms with E-state index in [9.17, 15) is 8.42 Å². The molecule has 1 aromatic carbocycles. The molecule has 16 heavy (non-hydrogen) atoms. The molecule has 88 valence electrons. The Balaban J connectivity index is 2.92. The van der Waals surface area contributed by atoms with E-state index in [1.54, 1.807) is 25.1 Å². The summed E-state index contributed by atoms with van der Waals surface area (Å²) >= 11 is 10.3. The molecule has 0 unspecified atom stereocenters. The van der Waals surface area contributed by atoms with Gasteiger partial charge in [-0.25, -0.2) is 8.42 Å². The second-order valence-corrected chi connectivity index (χ2v) is 5.97. The molecule has 4 nitrogen and oxygen atoms in total. The van der Waals surface area contributed by atoms with E-state index in [1.165, 1.54) is 0 Å². The molecule has 0 bridgehead atoms. The fourth-order valence-corrected chi connectivity index (χ4v) is 2.84. The van der Waals surface area contributed by atoms with Crippen molar-refractivity contribution in [3.63, 3.8) is 0 Å². The lowest BCUT2D eigenvalue weighted by Gasteiger charge is -2.09. The molecule has 0 aliphatic carbocycles. The average molecular weight is 279 g/mol. The minimum Gasteiger partial charge on any atom is -0.392 e. The van der Waals surface area contributed by atoms with Crippen molar-refractivity contribution in [2.24, 2.45) is 5.73 Å². The normalized spacial score (nSPS) is 11.1. The highest BCUT2D eigenvalue weighted by atomic mass is 35.5. The summed E-state index contributed by atoms with van der Waals surface area (Å²) in [4.78, 5) is -0.0703. The SMILES string of the molecule is Cc1cc(Cl)ccc1NS(=O)(=O)CC(N)=S. The van der Waals surface area contributed by atoms with Crippen molar-refractivity contribution in [2.45, 2.75) is 6.92 Å². The number of nitrogens with two attached hydrogens (primary N) is 1. The standard InChI is InChI=1S/C9H11ClN2O2S2/c1-6-4-7(10)2-3-8(6)12-16(13,14)5-9(11)15/h2-4,12H,5H2,1H3,(H2,11,15). The van der Waals surface area contributed by atoms with Gasteiger partial charge in [0.05, 0.1) is 10.7 Å². The van der Waals surface area contributed by atoms with Crippen LogP contribution in [0, 0.1) is 6.92 Å². The van der Waals surface area contributed by atoms with Gasteiger partial charge in [-0.05, 0) is 30.7 Å². The first-order chi connectivity index (χ1) is 7.30. The first-order valence-electron chi connectivity index (χ1n) is 4.35. The van der Waals surface area contributed by atoms with Crippen molar-refractivity contribution in [1.29, 1.82) is 0 Å². The van der Waals surface area contributed by atoms with Gasteiger partial charge in [-0.3, -0.25) is 4.72 Å². The Morgan fingerprint density at radius 2 is 2.19 bits per heavy atom. The number of thiocarbonyl (C=S) groups is 1. The van der Waals surface area contributed by atoms with Crippen molar-refractivity contribution in [3.05, 3.63) is 28.8 Å². The number of sulfonamides is 1. The van der Waals surface area contributed by atoms with Gasteiger partial charge in [0, 0.05) is 5.02 Å². The fourth-order valence-electron chi connectivity index (χ4n) is 1.13. The van der Waals surface area contributed by atoms with Crippen LogP contribution in [0.3, 0.4) is 0 Å². The minimum atomic E-state index is -3.53. The molecule has 1 rings (SSSR count). The van der Waals surface area contributed by atoms with Gasteiger partial charge in [0.25, 0.3) is 0 Å². The molecule has 0 aliphatic rings. The Morgan fingerprint density at radius 3 is 2.69 bits per heavy atom. The van der Waals surface area contributed by atoms with Crippen LogP contribution >= 0.6 is 23.8 Å². The number of aryl methyl sites for hydroxylation is 1. The summed E-state index contributed by atoms with van der Waals surface area (Å²) in [5.74, 6) is -0.371. The number of hydrogen-bond acceptors (Lipinski definition) is 3. The van der Waals surface area contributed by atoms with Crippen molar-refractivity contribution < 1.29 is 8.42 Å². The Morgan fingerprint density at radius 1 is 1.56 bits per heavy atom. The topological polar surface area (TPSA) is 72.2 Å². The third-order valence-corrected chi connectivity index (χ3v) is 3.57.